The third kappa shape index (κ3) is 5.66. The first-order valence-electron chi connectivity index (χ1n) is 12.9. The molecule has 3 aromatic heterocycles. The molecule has 0 atom stereocenters. The van der Waals surface area contributed by atoms with E-state index in [0.717, 1.165) is 6.07 Å². The Bertz CT molecular complexity index is 2030. The fourth-order valence-electron chi connectivity index (χ4n) is 4.73. The summed E-state index contributed by atoms with van der Waals surface area (Å²) in [6.07, 6.45) is -4.71. The van der Waals surface area contributed by atoms with Crippen molar-refractivity contribution >= 4 is 50.0 Å². The molecule has 13 heteroatoms. The Morgan fingerprint density at radius 2 is 1.93 bits per heavy atom. The highest BCUT2D eigenvalue weighted by atomic mass is 35.5. The normalized spacial score (nSPS) is 11.8. The minimum absolute atomic E-state index is 0.00554. The highest BCUT2D eigenvalue weighted by Crippen LogP contribution is 2.41. The van der Waals surface area contributed by atoms with Gasteiger partial charge in [0.05, 0.1) is 44.4 Å². The van der Waals surface area contributed by atoms with Gasteiger partial charge in [0.25, 0.3) is 5.56 Å². The van der Waals surface area contributed by atoms with Crippen LogP contribution < -0.4 is 10.3 Å². The first-order valence-corrected chi connectivity index (χ1v) is 14.2. The van der Waals surface area contributed by atoms with Crippen LogP contribution in [0.2, 0.25) is 5.02 Å². The molecule has 1 N–H and O–H groups in total. The highest BCUT2D eigenvalue weighted by molar-refractivity contribution is 7.18. The van der Waals surface area contributed by atoms with Crippen LogP contribution in [-0.2, 0) is 12.7 Å². The Hall–Kier alpha value is -4.47. The van der Waals surface area contributed by atoms with Gasteiger partial charge in [-0.05, 0) is 49.2 Å². The number of hydrogen-bond donors (Lipinski definition) is 1. The summed E-state index contributed by atoms with van der Waals surface area (Å²) in [5.74, 6) is -0.539. The maximum absolute atomic E-state index is 13.3. The number of aromatic carboxylic acids is 1. The zero-order valence-corrected chi connectivity index (χ0v) is 24.5. The molecule has 0 saturated heterocycles. The minimum Gasteiger partial charge on any atom is -0.491 e. The lowest BCUT2D eigenvalue weighted by Crippen LogP contribution is -2.27. The predicted octanol–water partition coefficient (Wildman–Crippen LogP) is 7.43. The average Bonchev–Trinajstić information content (AvgIpc) is 3.38. The van der Waals surface area contributed by atoms with E-state index in [2.05, 4.69) is 9.97 Å². The maximum atomic E-state index is 13.3. The number of carboxylic acid groups (broad SMARTS) is 1. The summed E-state index contributed by atoms with van der Waals surface area (Å²) < 4.78 is 48.0. The molecule has 0 aliphatic carbocycles. The van der Waals surface area contributed by atoms with E-state index in [4.69, 9.17) is 16.3 Å². The Labute approximate surface area is 251 Å². The molecule has 8 nitrogen and oxygen atoms in total. The van der Waals surface area contributed by atoms with Crippen molar-refractivity contribution in [2.45, 2.75) is 39.4 Å². The third-order valence-corrected chi connectivity index (χ3v) is 8.10. The molecule has 0 amide bonds. The van der Waals surface area contributed by atoms with Crippen LogP contribution in [0, 0.1) is 18.3 Å². The van der Waals surface area contributed by atoms with Gasteiger partial charge in [-0.2, -0.15) is 18.4 Å². The van der Waals surface area contributed by atoms with Gasteiger partial charge in [0, 0.05) is 27.2 Å². The highest BCUT2D eigenvalue weighted by Gasteiger charge is 2.32. The number of ether oxygens (including phenoxy) is 1. The predicted molar refractivity (Wildman–Crippen MR) is 157 cm³/mol. The van der Waals surface area contributed by atoms with Gasteiger partial charge in [0.2, 0.25) is 0 Å². The monoisotopic (exact) mass is 626 g/mol. The number of carboxylic acids is 1. The van der Waals surface area contributed by atoms with E-state index in [9.17, 15) is 33.1 Å². The van der Waals surface area contributed by atoms with Crippen LogP contribution in [0.4, 0.5) is 13.2 Å². The van der Waals surface area contributed by atoms with Crippen molar-refractivity contribution in [2.75, 3.05) is 6.61 Å². The second-order valence-electron chi connectivity index (χ2n) is 10.0. The average molecular weight is 627 g/mol. The summed E-state index contributed by atoms with van der Waals surface area (Å²) in [6.45, 7) is 5.31. The summed E-state index contributed by atoms with van der Waals surface area (Å²) in [5.41, 5.74) is 0.0388. The van der Waals surface area contributed by atoms with Crippen molar-refractivity contribution in [1.29, 1.82) is 5.26 Å². The lowest BCUT2D eigenvalue weighted by atomic mass is 10.00. The zero-order valence-electron chi connectivity index (χ0n) is 22.9. The third-order valence-electron chi connectivity index (χ3n) is 6.87. The molecule has 0 bridgehead atoms. The molecular formula is C30H22ClF3N4O4S. The molecule has 5 aromatic rings. The number of benzene rings is 2. The number of halogens is 4. The Morgan fingerprint density at radius 3 is 2.58 bits per heavy atom. The number of fused-ring (bicyclic) bond motifs is 2. The fourth-order valence-corrected chi connectivity index (χ4v) is 5.92. The second-order valence-corrected chi connectivity index (χ2v) is 11.3. The molecular weight excluding hydrogens is 605 g/mol. The molecule has 0 radical (unpaired) electrons. The first kappa shape index (κ1) is 30.0. The van der Waals surface area contributed by atoms with Crippen molar-refractivity contribution in [3.8, 4) is 22.9 Å². The number of alkyl halides is 3. The van der Waals surface area contributed by atoms with Crippen LogP contribution >= 0.6 is 22.9 Å². The van der Waals surface area contributed by atoms with E-state index in [0.29, 0.717) is 43.9 Å². The largest absolute Gasteiger partial charge is 0.491 e. The number of hydrogen-bond acceptors (Lipinski definition) is 7. The number of aromatic nitrogens is 3. The zero-order chi connectivity index (χ0) is 31.2. The molecule has 0 fully saturated rings. The van der Waals surface area contributed by atoms with Gasteiger partial charge in [0.1, 0.15) is 24.3 Å². The lowest BCUT2D eigenvalue weighted by molar-refractivity contribution is -0.137. The van der Waals surface area contributed by atoms with Crippen LogP contribution in [0.15, 0.2) is 46.6 Å². The minimum atomic E-state index is -4.71. The lowest BCUT2D eigenvalue weighted by Gasteiger charge is -2.16. The Morgan fingerprint density at radius 1 is 1.19 bits per heavy atom. The molecule has 0 unspecified atom stereocenters. The standard InChI is InChI=1S/C30H22ClF3N4O4S/c1-14(2)22-11-20(27-26(37-22)21(13-43-27)29(40)41)19-10-18(31)4-5-24(19)42-7-6-38-15(3)36-23-9-17(30(32,33)34)8-16(12-35)25(23)28(38)39/h4-5,8-11,13-14H,6-7H2,1-3H3,(H,40,41). The van der Waals surface area contributed by atoms with Crippen LogP contribution in [0.25, 0.3) is 32.2 Å². The fraction of sp³-hybridized carbons (Fsp3) is 0.233. The summed E-state index contributed by atoms with van der Waals surface area (Å²) in [6, 6.07) is 9.93. The molecule has 43 heavy (non-hydrogen) atoms. The van der Waals surface area contributed by atoms with E-state index in [-0.39, 0.29) is 41.4 Å². The Balaban J connectivity index is 1.53. The van der Waals surface area contributed by atoms with Crippen LogP contribution in [0.3, 0.4) is 0 Å². The van der Waals surface area contributed by atoms with E-state index < -0.39 is 28.8 Å². The van der Waals surface area contributed by atoms with E-state index in [1.54, 1.807) is 24.3 Å². The SMILES string of the molecule is Cc1nc2cc(C(F)(F)F)cc(C#N)c2c(=O)n1CCOc1ccc(Cl)cc1-c1cc(C(C)C)nc2c(C(=O)O)csc12. The van der Waals surface area contributed by atoms with Crippen LogP contribution in [-0.4, -0.2) is 32.2 Å². The van der Waals surface area contributed by atoms with Crippen molar-refractivity contribution < 1.29 is 27.8 Å². The number of rotatable bonds is 7. The van der Waals surface area contributed by atoms with E-state index in [1.165, 1.54) is 28.2 Å². The second kappa shape index (κ2) is 11.3. The maximum Gasteiger partial charge on any atom is 0.416 e. The van der Waals surface area contributed by atoms with Gasteiger partial charge in [-0.25, -0.2) is 9.78 Å². The summed E-state index contributed by atoms with van der Waals surface area (Å²) in [7, 11) is 0. The topological polar surface area (TPSA) is 118 Å². The molecule has 0 aliphatic rings. The first-order chi connectivity index (χ1) is 20.3. The van der Waals surface area contributed by atoms with Crippen LogP contribution in [0.5, 0.6) is 5.75 Å². The number of carbonyl (C=O) groups is 1. The van der Waals surface area contributed by atoms with Gasteiger partial charge in [-0.1, -0.05) is 25.4 Å². The van der Waals surface area contributed by atoms with Crippen LogP contribution in [0.1, 0.15) is 52.8 Å². The van der Waals surface area contributed by atoms with E-state index >= 15 is 0 Å². The summed E-state index contributed by atoms with van der Waals surface area (Å²) in [4.78, 5) is 34.0. The quantitative estimate of drug-likeness (QED) is 0.200. The molecule has 0 aliphatic heterocycles. The van der Waals surface area contributed by atoms with Crippen molar-refractivity contribution in [2.24, 2.45) is 0 Å². The summed E-state index contributed by atoms with van der Waals surface area (Å²) >= 11 is 7.60. The number of aryl methyl sites for hydroxylation is 1. The molecule has 2 aromatic carbocycles. The van der Waals surface area contributed by atoms with Crippen molar-refractivity contribution in [3.05, 3.63) is 85.4 Å². The molecule has 220 valence electrons. The number of thiophene rings is 1. The number of pyridine rings is 1. The molecule has 5 rings (SSSR count). The number of nitriles is 1. The van der Waals surface area contributed by atoms with Gasteiger partial charge < -0.3 is 9.84 Å². The summed E-state index contributed by atoms with van der Waals surface area (Å²) in [5, 5.41) is 20.9. The molecule has 0 spiro atoms. The van der Waals surface area contributed by atoms with E-state index in [1.807, 2.05) is 19.9 Å². The van der Waals surface area contributed by atoms with Gasteiger partial charge in [0.15, 0.2) is 0 Å². The molecule has 0 saturated carbocycles. The van der Waals surface area contributed by atoms with Gasteiger partial charge >= 0.3 is 12.1 Å². The van der Waals surface area contributed by atoms with Gasteiger partial charge in [-0.3, -0.25) is 14.3 Å². The van der Waals surface area contributed by atoms with Crippen molar-refractivity contribution in [1.82, 2.24) is 14.5 Å². The number of nitrogens with zero attached hydrogens (tertiary/aromatic N) is 4. The Kier molecular flexibility index (Phi) is 7.89. The molecule has 3 heterocycles. The van der Waals surface area contributed by atoms with Crippen molar-refractivity contribution in [3.63, 3.8) is 0 Å². The van der Waals surface area contributed by atoms with Gasteiger partial charge in [-0.15, -0.1) is 11.3 Å². The smallest absolute Gasteiger partial charge is 0.416 e.